The van der Waals surface area contributed by atoms with Gasteiger partial charge in [0.25, 0.3) is 5.91 Å². The molecule has 1 aromatic heterocycles. The lowest BCUT2D eigenvalue weighted by Gasteiger charge is -2.37. The van der Waals surface area contributed by atoms with E-state index in [1.54, 1.807) is 0 Å². The maximum Gasteiger partial charge on any atom is 0.253 e. The first kappa shape index (κ1) is 14.2. The number of rotatable bonds is 4. The molecule has 0 N–H and O–H groups in total. The third-order valence-corrected chi connectivity index (χ3v) is 4.55. The molecule has 0 radical (unpaired) electrons. The molecule has 0 atom stereocenters. The Morgan fingerprint density at radius 1 is 1.17 bits per heavy atom. The van der Waals surface area contributed by atoms with Crippen LogP contribution >= 0.6 is 0 Å². The van der Waals surface area contributed by atoms with E-state index in [2.05, 4.69) is 10.1 Å². The number of aromatic nitrogens is 2. The van der Waals surface area contributed by atoms with Gasteiger partial charge in [-0.3, -0.25) is 4.79 Å². The minimum atomic E-state index is 0.0634. The molecule has 0 unspecified atom stereocenters. The Morgan fingerprint density at radius 2 is 1.87 bits per heavy atom. The topological polar surface area (TPSA) is 62.5 Å². The van der Waals surface area contributed by atoms with Gasteiger partial charge < -0.3 is 14.3 Å². The molecule has 1 saturated heterocycles. The fourth-order valence-electron chi connectivity index (χ4n) is 2.81. The Hall–Kier alpha value is -2.37. The lowest BCUT2D eigenvalue weighted by molar-refractivity contribution is 0.0569. The Kier molecular flexibility index (Phi) is 3.32. The van der Waals surface area contributed by atoms with Crippen molar-refractivity contribution in [1.82, 2.24) is 15.0 Å². The van der Waals surface area contributed by atoms with E-state index in [0.717, 1.165) is 29.9 Å². The van der Waals surface area contributed by atoms with Crippen LogP contribution in [0, 0.1) is 0 Å². The number of carbonyl (C=O) groups is 1. The summed E-state index contributed by atoms with van der Waals surface area (Å²) in [7, 11) is 3.97. The van der Waals surface area contributed by atoms with Crippen LogP contribution in [0.5, 0.6) is 0 Å². The summed E-state index contributed by atoms with van der Waals surface area (Å²) in [6, 6.07) is 7.68. The van der Waals surface area contributed by atoms with Crippen LogP contribution in [0.3, 0.4) is 0 Å². The monoisotopic (exact) mass is 312 g/mol. The van der Waals surface area contributed by atoms with Crippen molar-refractivity contribution in [2.75, 3.05) is 32.1 Å². The van der Waals surface area contributed by atoms with Crippen LogP contribution in [0.2, 0.25) is 0 Å². The number of likely N-dealkylation sites (tertiary alicyclic amines) is 1. The summed E-state index contributed by atoms with van der Waals surface area (Å²) >= 11 is 0. The molecule has 2 fully saturated rings. The highest BCUT2D eigenvalue weighted by atomic mass is 16.5. The van der Waals surface area contributed by atoms with E-state index in [-0.39, 0.29) is 11.8 Å². The molecule has 4 rings (SSSR count). The van der Waals surface area contributed by atoms with Gasteiger partial charge in [0, 0.05) is 44.4 Å². The van der Waals surface area contributed by atoms with E-state index >= 15 is 0 Å². The minimum absolute atomic E-state index is 0.0634. The average molecular weight is 312 g/mol. The molecule has 6 nitrogen and oxygen atoms in total. The van der Waals surface area contributed by atoms with Gasteiger partial charge >= 0.3 is 0 Å². The summed E-state index contributed by atoms with van der Waals surface area (Å²) in [6.07, 6.45) is 2.33. The molecule has 1 amide bonds. The van der Waals surface area contributed by atoms with E-state index < -0.39 is 0 Å². The second-order valence-corrected chi connectivity index (χ2v) is 6.61. The van der Waals surface area contributed by atoms with Crippen LogP contribution in [-0.2, 0) is 0 Å². The normalized spacial score (nSPS) is 17.9. The van der Waals surface area contributed by atoms with Gasteiger partial charge in [-0.05, 0) is 37.1 Å². The number of anilines is 1. The zero-order valence-electron chi connectivity index (χ0n) is 13.4. The van der Waals surface area contributed by atoms with Crippen LogP contribution in [0.15, 0.2) is 28.8 Å². The zero-order chi connectivity index (χ0) is 16.0. The van der Waals surface area contributed by atoms with E-state index in [1.165, 1.54) is 0 Å². The molecule has 0 spiro atoms. The first-order valence-electron chi connectivity index (χ1n) is 8.02. The molecular weight excluding hydrogens is 292 g/mol. The highest BCUT2D eigenvalue weighted by molar-refractivity contribution is 5.95. The van der Waals surface area contributed by atoms with Crippen molar-refractivity contribution >= 4 is 11.6 Å². The second kappa shape index (κ2) is 5.37. The summed E-state index contributed by atoms with van der Waals surface area (Å²) in [6.45, 7) is 1.31. The van der Waals surface area contributed by atoms with Gasteiger partial charge in [-0.1, -0.05) is 5.16 Å². The Morgan fingerprint density at radius 3 is 2.48 bits per heavy atom. The molecule has 2 aliphatic rings. The van der Waals surface area contributed by atoms with Crippen molar-refractivity contribution in [3.05, 3.63) is 41.5 Å². The van der Waals surface area contributed by atoms with Crippen LogP contribution in [0.1, 0.15) is 46.8 Å². The van der Waals surface area contributed by atoms with Crippen molar-refractivity contribution in [2.45, 2.75) is 24.7 Å². The Labute approximate surface area is 135 Å². The summed E-state index contributed by atoms with van der Waals surface area (Å²) in [5.41, 5.74) is 1.81. The quantitative estimate of drug-likeness (QED) is 0.866. The number of hydrogen-bond donors (Lipinski definition) is 0. The van der Waals surface area contributed by atoms with Crippen molar-refractivity contribution in [3.63, 3.8) is 0 Å². The molecule has 1 saturated carbocycles. The summed E-state index contributed by atoms with van der Waals surface area (Å²) in [5.74, 6) is 2.26. The maximum absolute atomic E-state index is 12.5. The molecule has 1 aliphatic heterocycles. The van der Waals surface area contributed by atoms with Crippen molar-refractivity contribution < 1.29 is 9.32 Å². The van der Waals surface area contributed by atoms with Gasteiger partial charge in [-0.15, -0.1) is 0 Å². The molecule has 2 heterocycles. The predicted octanol–water partition coefficient (Wildman–Crippen LogP) is 2.25. The Balaban J connectivity index is 1.37. The number of benzene rings is 1. The predicted molar refractivity (Wildman–Crippen MR) is 85.7 cm³/mol. The highest BCUT2D eigenvalue weighted by Crippen LogP contribution is 2.39. The molecule has 1 aromatic carbocycles. The fraction of sp³-hybridized carbons (Fsp3) is 0.471. The van der Waals surface area contributed by atoms with Gasteiger partial charge in [-0.25, -0.2) is 0 Å². The maximum atomic E-state index is 12.5. The number of carbonyl (C=O) groups excluding carboxylic acids is 1. The first-order chi connectivity index (χ1) is 11.1. The van der Waals surface area contributed by atoms with Crippen molar-refractivity contribution in [1.29, 1.82) is 0 Å². The fourth-order valence-corrected chi connectivity index (χ4v) is 2.81. The summed E-state index contributed by atoms with van der Waals surface area (Å²) in [4.78, 5) is 20.8. The van der Waals surface area contributed by atoms with Crippen molar-refractivity contribution in [2.24, 2.45) is 0 Å². The molecular formula is C17H20N4O2. The third kappa shape index (κ3) is 2.69. The number of nitrogens with zero attached hydrogens (tertiary/aromatic N) is 4. The lowest BCUT2D eigenvalue weighted by Crippen LogP contribution is -2.48. The second-order valence-electron chi connectivity index (χ2n) is 6.61. The summed E-state index contributed by atoms with van der Waals surface area (Å²) in [5, 5.41) is 4.04. The van der Waals surface area contributed by atoms with Gasteiger partial charge in [0.1, 0.15) is 0 Å². The van der Waals surface area contributed by atoms with E-state index in [0.29, 0.717) is 24.9 Å². The smallest absolute Gasteiger partial charge is 0.253 e. The molecule has 0 bridgehead atoms. The summed E-state index contributed by atoms with van der Waals surface area (Å²) < 4.78 is 5.34. The van der Waals surface area contributed by atoms with Gasteiger partial charge in [0.05, 0.1) is 5.92 Å². The average Bonchev–Trinajstić information content (AvgIpc) is 3.25. The third-order valence-electron chi connectivity index (χ3n) is 4.55. The molecule has 6 heteroatoms. The van der Waals surface area contributed by atoms with E-state index in [1.807, 2.05) is 48.2 Å². The van der Waals surface area contributed by atoms with E-state index in [9.17, 15) is 4.79 Å². The SMILES string of the molecule is CN(C)c1ccc(C(=O)N2CC(c3nc(C4CC4)no3)C2)cc1. The van der Waals surface area contributed by atoms with Crippen LogP contribution in [0.25, 0.3) is 0 Å². The lowest BCUT2D eigenvalue weighted by atomic mass is 9.98. The van der Waals surface area contributed by atoms with Crippen LogP contribution in [-0.4, -0.2) is 48.1 Å². The molecule has 120 valence electrons. The largest absolute Gasteiger partial charge is 0.378 e. The molecule has 1 aliphatic carbocycles. The van der Waals surface area contributed by atoms with E-state index in [4.69, 9.17) is 4.52 Å². The molecule has 2 aromatic rings. The Bertz CT molecular complexity index is 712. The van der Waals surface area contributed by atoms with Crippen LogP contribution < -0.4 is 4.90 Å². The number of amides is 1. The standard InChI is InChI=1S/C17H20N4O2/c1-20(2)14-7-5-12(6-8-14)17(22)21-9-13(10-21)16-18-15(19-23-16)11-3-4-11/h5-8,11,13H,3-4,9-10H2,1-2H3. The van der Waals surface area contributed by atoms with Gasteiger partial charge in [0.2, 0.25) is 5.89 Å². The number of hydrogen-bond acceptors (Lipinski definition) is 5. The zero-order valence-corrected chi connectivity index (χ0v) is 13.4. The highest BCUT2D eigenvalue weighted by Gasteiger charge is 2.37. The van der Waals surface area contributed by atoms with Crippen molar-refractivity contribution in [3.8, 4) is 0 Å². The molecule has 23 heavy (non-hydrogen) atoms. The van der Waals surface area contributed by atoms with Gasteiger partial charge in [-0.2, -0.15) is 4.98 Å². The first-order valence-corrected chi connectivity index (χ1v) is 8.02. The van der Waals surface area contributed by atoms with Gasteiger partial charge in [0.15, 0.2) is 5.82 Å². The van der Waals surface area contributed by atoms with Crippen LogP contribution in [0.4, 0.5) is 5.69 Å². The minimum Gasteiger partial charge on any atom is -0.378 e.